The van der Waals surface area contributed by atoms with Gasteiger partial charge in [-0.3, -0.25) is 0 Å². The van der Waals surface area contributed by atoms with E-state index < -0.39 is 23.7 Å². The first-order chi connectivity index (χ1) is 11.2. The number of hydrogen-bond acceptors (Lipinski definition) is 1. The summed E-state index contributed by atoms with van der Waals surface area (Å²) in [7, 11) is 1.38. The van der Waals surface area contributed by atoms with Gasteiger partial charge >= 0.3 is 6.18 Å². The van der Waals surface area contributed by atoms with Gasteiger partial charge in [0, 0.05) is 0 Å². The zero-order valence-electron chi connectivity index (χ0n) is 13.9. The van der Waals surface area contributed by atoms with Gasteiger partial charge in [-0.05, 0) is 42.2 Å². The molecule has 1 unspecified atom stereocenters. The average Bonchev–Trinajstić information content (AvgIpc) is 2.52. The summed E-state index contributed by atoms with van der Waals surface area (Å²) in [5.74, 6) is -1.12. The lowest BCUT2D eigenvalue weighted by Crippen LogP contribution is -2.13. The minimum Gasteiger partial charge on any atom is -0.497 e. The van der Waals surface area contributed by atoms with Gasteiger partial charge in [0.1, 0.15) is 17.7 Å². The van der Waals surface area contributed by atoms with Gasteiger partial charge in [0.05, 0.1) is 12.7 Å². The van der Waals surface area contributed by atoms with Gasteiger partial charge in [-0.15, -0.1) is 0 Å². The minimum absolute atomic E-state index is 0.0182. The van der Waals surface area contributed by atoms with Crippen molar-refractivity contribution in [2.45, 2.75) is 45.5 Å². The Labute approximate surface area is 138 Å². The Morgan fingerprint density at radius 1 is 1.17 bits per heavy atom. The molecule has 1 atom stereocenters. The van der Waals surface area contributed by atoms with Crippen LogP contribution in [0.25, 0.3) is 5.57 Å². The van der Waals surface area contributed by atoms with Gasteiger partial charge in [0.15, 0.2) is 0 Å². The fourth-order valence-corrected chi connectivity index (χ4v) is 2.28. The molecule has 0 saturated carbocycles. The standard InChI is InChI=1S/C18H21F5O/c1-4-6-15(19)12(5-2)11-16(20)17(18(21,22)23)13-7-9-14(24-3)10-8-13/h7-11,15H,4-6H2,1-3H3/b12-11+,17-16+. The summed E-state index contributed by atoms with van der Waals surface area (Å²) in [5, 5.41) is 0. The van der Waals surface area contributed by atoms with Gasteiger partial charge in [0.25, 0.3) is 0 Å². The molecule has 0 saturated heterocycles. The molecule has 0 N–H and O–H groups in total. The van der Waals surface area contributed by atoms with E-state index in [0.29, 0.717) is 18.2 Å². The molecule has 134 valence electrons. The average molecular weight is 348 g/mol. The van der Waals surface area contributed by atoms with E-state index >= 15 is 0 Å². The third-order valence-electron chi connectivity index (χ3n) is 3.57. The van der Waals surface area contributed by atoms with Crippen LogP contribution in [0.3, 0.4) is 0 Å². The molecule has 0 amide bonds. The summed E-state index contributed by atoms with van der Waals surface area (Å²) in [4.78, 5) is 0. The van der Waals surface area contributed by atoms with Crippen LogP contribution in [0.15, 0.2) is 41.7 Å². The predicted molar refractivity (Wildman–Crippen MR) is 85.3 cm³/mol. The first-order valence-corrected chi connectivity index (χ1v) is 7.70. The van der Waals surface area contributed by atoms with Crippen molar-refractivity contribution in [3.05, 3.63) is 47.3 Å². The monoisotopic (exact) mass is 348 g/mol. The van der Waals surface area contributed by atoms with Crippen LogP contribution < -0.4 is 4.74 Å². The number of rotatable bonds is 7. The quantitative estimate of drug-likeness (QED) is 0.408. The SMILES string of the molecule is CCCC(F)/C(=C/C(F)=C(/c1ccc(OC)cc1)C(F)(F)F)CC. The molecule has 0 radical (unpaired) electrons. The van der Waals surface area contributed by atoms with Crippen molar-refractivity contribution in [2.24, 2.45) is 0 Å². The van der Waals surface area contributed by atoms with E-state index in [-0.39, 0.29) is 24.0 Å². The fourth-order valence-electron chi connectivity index (χ4n) is 2.28. The van der Waals surface area contributed by atoms with Gasteiger partial charge in [-0.2, -0.15) is 13.2 Å². The van der Waals surface area contributed by atoms with Crippen molar-refractivity contribution in [2.75, 3.05) is 7.11 Å². The molecule has 0 aliphatic heterocycles. The highest BCUT2D eigenvalue weighted by molar-refractivity contribution is 5.73. The molecule has 1 aromatic rings. The molecule has 0 heterocycles. The molecule has 6 heteroatoms. The normalized spacial score (nSPS) is 15.1. The van der Waals surface area contributed by atoms with Gasteiger partial charge < -0.3 is 4.74 Å². The lowest BCUT2D eigenvalue weighted by atomic mass is 10.00. The Bertz CT molecular complexity index is 584. The number of halogens is 5. The second-order valence-electron chi connectivity index (χ2n) is 5.28. The molecule has 1 nitrogen and oxygen atoms in total. The van der Waals surface area contributed by atoms with Crippen molar-refractivity contribution in [1.29, 1.82) is 0 Å². The minimum atomic E-state index is -4.90. The Morgan fingerprint density at radius 2 is 1.75 bits per heavy atom. The highest BCUT2D eigenvalue weighted by Crippen LogP contribution is 2.38. The number of ether oxygens (including phenoxy) is 1. The molecule has 0 aromatic heterocycles. The second-order valence-corrected chi connectivity index (χ2v) is 5.28. The van der Waals surface area contributed by atoms with Gasteiger partial charge in [0.2, 0.25) is 0 Å². The third kappa shape index (κ3) is 5.35. The van der Waals surface area contributed by atoms with Gasteiger partial charge in [-0.25, -0.2) is 8.78 Å². The van der Waals surface area contributed by atoms with Crippen LogP contribution in [0.4, 0.5) is 22.0 Å². The van der Waals surface area contributed by atoms with Crippen molar-refractivity contribution in [1.82, 2.24) is 0 Å². The maximum atomic E-state index is 14.4. The number of benzene rings is 1. The van der Waals surface area contributed by atoms with E-state index in [4.69, 9.17) is 4.74 Å². The number of allylic oxidation sites excluding steroid dienone is 4. The molecule has 0 bridgehead atoms. The summed E-state index contributed by atoms with van der Waals surface area (Å²) < 4.78 is 73.0. The molecular formula is C18H21F5O. The third-order valence-corrected chi connectivity index (χ3v) is 3.57. The number of hydrogen-bond donors (Lipinski definition) is 0. The van der Waals surface area contributed by atoms with E-state index in [0.717, 1.165) is 12.1 Å². The Kier molecular flexibility index (Phi) is 7.45. The van der Waals surface area contributed by atoms with E-state index in [1.54, 1.807) is 13.8 Å². The molecule has 1 rings (SSSR count). The number of alkyl halides is 4. The Morgan fingerprint density at radius 3 is 2.17 bits per heavy atom. The molecule has 0 aliphatic carbocycles. The van der Waals surface area contributed by atoms with Crippen LogP contribution in [0.2, 0.25) is 0 Å². The molecule has 24 heavy (non-hydrogen) atoms. The van der Waals surface area contributed by atoms with Crippen LogP contribution in [0.5, 0.6) is 5.75 Å². The maximum Gasteiger partial charge on any atom is 0.419 e. The zero-order chi connectivity index (χ0) is 18.3. The summed E-state index contributed by atoms with van der Waals surface area (Å²) in [6.07, 6.45) is -4.86. The zero-order valence-corrected chi connectivity index (χ0v) is 13.9. The Balaban J connectivity index is 3.37. The van der Waals surface area contributed by atoms with Gasteiger partial charge in [-0.1, -0.05) is 32.4 Å². The van der Waals surface area contributed by atoms with Crippen LogP contribution in [0, 0.1) is 0 Å². The summed E-state index contributed by atoms with van der Waals surface area (Å²) >= 11 is 0. The van der Waals surface area contributed by atoms with Crippen LogP contribution >= 0.6 is 0 Å². The summed E-state index contributed by atoms with van der Waals surface area (Å²) in [5.41, 5.74) is -1.73. The van der Waals surface area contributed by atoms with Crippen molar-refractivity contribution >= 4 is 5.57 Å². The van der Waals surface area contributed by atoms with Crippen LogP contribution in [-0.4, -0.2) is 19.5 Å². The maximum absolute atomic E-state index is 14.4. The predicted octanol–water partition coefficient (Wildman–Crippen LogP) is 6.41. The lowest BCUT2D eigenvalue weighted by Gasteiger charge is -2.15. The van der Waals surface area contributed by atoms with Crippen LogP contribution in [-0.2, 0) is 0 Å². The smallest absolute Gasteiger partial charge is 0.419 e. The fraction of sp³-hybridized carbons (Fsp3) is 0.444. The Hall–Kier alpha value is -1.85. The van der Waals surface area contributed by atoms with Crippen molar-refractivity contribution in [3.63, 3.8) is 0 Å². The molecule has 0 fully saturated rings. The van der Waals surface area contributed by atoms with E-state index in [9.17, 15) is 22.0 Å². The lowest BCUT2D eigenvalue weighted by molar-refractivity contribution is -0.0699. The number of methoxy groups -OCH3 is 1. The molecule has 1 aromatic carbocycles. The molecule has 0 aliphatic rings. The van der Waals surface area contributed by atoms with E-state index in [2.05, 4.69) is 0 Å². The topological polar surface area (TPSA) is 9.23 Å². The first-order valence-electron chi connectivity index (χ1n) is 7.70. The molecule has 0 spiro atoms. The highest BCUT2D eigenvalue weighted by Gasteiger charge is 2.37. The first kappa shape index (κ1) is 20.2. The second kappa shape index (κ2) is 8.85. The summed E-state index contributed by atoms with van der Waals surface area (Å²) in [6, 6.07) is 4.88. The van der Waals surface area contributed by atoms with E-state index in [1.165, 1.54) is 19.2 Å². The highest BCUT2D eigenvalue weighted by atomic mass is 19.4. The largest absolute Gasteiger partial charge is 0.497 e. The molecular weight excluding hydrogens is 327 g/mol. The van der Waals surface area contributed by atoms with Crippen molar-refractivity contribution in [3.8, 4) is 5.75 Å². The summed E-state index contributed by atoms with van der Waals surface area (Å²) in [6.45, 7) is 3.34. The van der Waals surface area contributed by atoms with E-state index in [1.807, 2.05) is 0 Å². The van der Waals surface area contributed by atoms with Crippen LogP contribution in [0.1, 0.15) is 38.7 Å². The van der Waals surface area contributed by atoms with Crippen molar-refractivity contribution < 1.29 is 26.7 Å².